The van der Waals surface area contributed by atoms with Gasteiger partial charge in [-0.15, -0.1) is 0 Å². The third-order valence-electron chi connectivity index (χ3n) is 2.59. The summed E-state index contributed by atoms with van der Waals surface area (Å²) in [6, 6.07) is 16.7. The highest BCUT2D eigenvalue weighted by molar-refractivity contribution is 6.03. The molecule has 0 bridgehead atoms. The van der Waals surface area contributed by atoms with Crippen molar-refractivity contribution in [3.8, 4) is 0 Å². The van der Waals surface area contributed by atoms with Crippen molar-refractivity contribution in [3.05, 3.63) is 65.7 Å². The topological polar surface area (TPSA) is 55.5 Å². The molecular weight excluding hydrogens is 224 g/mol. The van der Waals surface area contributed by atoms with Crippen molar-refractivity contribution in [3.63, 3.8) is 0 Å². The second kappa shape index (κ2) is 5.27. The lowest BCUT2D eigenvalue weighted by molar-refractivity contribution is 0.101. The second-order valence-corrected chi connectivity index (χ2v) is 3.94. The smallest absolute Gasteiger partial charge is 0.161 e. The average molecular weight is 238 g/mol. The van der Waals surface area contributed by atoms with Crippen molar-refractivity contribution in [2.45, 2.75) is 6.92 Å². The molecule has 18 heavy (non-hydrogen) atoms. The first-order valence-electron chi connectivity index (χ1n) is 5.68. The number of hydrogen-bond donors (Lipinski definition) is 1. The highest BCUT2D eigenvalue weighted by atomic mass is 16.1. The van der Waals surface area contributed by atoms with E-state index >= 15 is 0 Å². The van der Waals surface area contributed by atoms with Crippen LogP contribution in [0.2, 0.25) is 0 Å². The molecule has 3 heteroatoms. The summed E-state index contributed by atoms with van der Waals surface area (Å²) in [4.78, 5) is 15.8. The predicted molar refractivity (Wildman–Crippen MR) is 73.3 cm³/mol. The van der Waals surface area contributed by atoms with Crippen LogP contribution in [0.25, 0.3) is 0 Å². The quantitative estimate of drug-likeness (QED) is 0.508. The lowest BCUT2D eigenvalue weighted by Gasteiger charge is -2.04. The molecule has 3 nitrogen and oxygen atoms in total. The molecule has 2 rings (SSSR count). The highest BCUT2D eigenvalue weighted by Gasteiger charge is 2.06. The third kappa shape index (κ3) is 2.63. The maximum atomic E-state index is 11.5. The molecule has 0 spiro atoms. The van der Waals surface area contributed by atoms with Crippen LogP contribution in [-0.4, -0.2) is 11.6 Å². The van der Waals surface area contributed by atoms with Crippen molar-refractivity contribution in [1.82, 2.24) is 0 Å². The van der Waals surface area contributed by atoms with Gasteiger partial charge in [0.15, 0.2) is 5.78 Å². The van der Waals surface area contributed by atoms with E-state index in [2.05, 4.69) is 4.99 Å². The van der Waals surface area contributed by atoms with Gasteiger partial charge in [0.1, 0.15) is 5.84 Å². The normalized spacial score (nSPS) is 11.3. The van der Waals surface area contributed by atoms with E-state index in [-0.39, 0.29) is 5.78 Å². The van der Waals surface area contributed by atoms with E-state index in [0.29, 0.717) is 17.1 Å². The molecule has 0 aliphatic rings. The first-order chi connectivity index (χ1) is 8.68. The van der Waals surface area contributed by atoms with Crippen LogP contribution in [-0.2, 0) is 0 Å². The van der Waals surface area contributed by atoms with Crippen molar-refractivity contribution in [1.29, 1.82) is 0 Å². The Morgan fingerprint density at radius 3 is 2.28 bits per heavy atom. The van der Waals surface area contributed by atoms with Gasteiger partial charge in [-0.05, 0) is 19.1 Å². The Morgan fingerprint density at radius 1 is 1.00 bits per heavy atom. The van der Waals surface area contributed by atoms with Gasteiger partial charge >= 0.3 is 0 Å². The van der Waals surface area contributed by atoms with E-state index in [4.69, 9.17) is 5.73 Å². The van der Waals surface area contributed by atoms with Crippen molar-refractivity contribution in [2.24, 2.45) is 10.7 Å². The number of para-hydroxylation sites is 1. The van der Waals surface area contributed by atoms with E-state index in [1.807, 2.05) is 42.5 Å². The standard InChI is InChI=1S/C15H14N2O/c1-11(18)13-9-5-6-10-14(13)17-15(16)12-7-3-2-4-8-12/h2-10H,1H3,(H2,16,17). The number of benzene rings is 2. The zero-order valence-electron chi connectivity index (χ0n) is 10.1. The molecule has 0 radical (unpaired) electrons. The molecule has 2 N–H and O–H groups in total. The molecule has 0 fully saturated rings. The summed E-state index contributed by atoms with van der Waals surface area (Å²) < 4.78 is 0. The molecule has 0 heterocycles. The number of amidine groups is 1. The molecule has 0 saturated heterocycles. The van der Waals surface area contributed by atoms with Gasteiger partial charge in [-0.2, -0.15) is 0 Å². The van der Waals surface area contributed by atoms with Crippen LogP contribution in [0, 0.1) is 0 Å². The third-order valence-corrected chi connectivity index (χ3v) is 2.59. The Kier molecular flexibility index (Phi) is 3.53. The summed E-state index contributed by atoms with van der Waals surface area (Å²) >= 11 is 0. The van der Waals surface area contributed by atoms with Crippen LogP contribution >= 0.6 is 0 Å². The molecular formula is C15H14N2O. The van der Waals surface area contributed by atoms with Crippen LogP contribution in [0.1, 0.15) is 22.8 Å². The fraction of sp³-hybridized carbons (Fsp3) is 0.0667. The molecule has 0 atom stereocenters. The molecule has 0 saturated carbocycles. The number of carbonyl (C=O) groups is 1. The molecule has 2 aromatic rings. The van der Waals surface area contributed by atoms with Crippen molar-refractivity contribution in [2.75, 3.05) is 0 Å². The minimum Gasteiger partial charge on any atom is -0.383 e. The molecule has 0 amide bonds. The van der Waals surface area contributed by atoms with Crippen LogP contribution < -0.4 is 5.73 Å². The molecule has 0 aliphatic carbocycles. The average Bonchev–Trinajstić information content (AvgIpc) is 2.40. The van der Waals surface area contributed by atoms with Gasteiger partial charge in [-0.3, -0.25) is 4.79 Å². The van der Waals surface area contributed by atoms with E-state index in [1.165, 1.54) is 6.92 Å². The van der Waals surface area contributed by atoms with Crippen LogP contribution in [0.3, 0.4) is 0 Å². The number of carbonyl (C=O) groups excluding carboxylic acids is 1. The first kappa shape index (κ1) is 12.0. The van der Waals surface area contributed by atoms with E-state index in [1.54, 1.807) is 12.1 Å². The number of nitrogens with two attached hydrogens (primary N) is 1. The summed E-state index contributed by atoms with van der Waals surface area (Å²) in [5.74, 6) is 0.388. The van der Waals surface area contributed by atoms with Gasteiger partial charge < -0.3 is 5.73 Å². The molecule has 2 aromatic carbocycles. The fourth-order valence-corrected chi connectivity index (χ4v) is 1.67. The second-order valence-electron chi connectivity index (χ2n) is 3.94. The number of nitrogens with zero attached hydrogens (tertiary/aromatic N) is 1. The predicted octanol–water partition coefficient (Wildman–Crippen LogP) is 2.93. The van der Waals surface area contributed by atoms with Crippen LogP contribution in [0.5, 0.6) is 0 Å². The Morgan fingerprint density at radius 2 is 1.61 bits per heavy atom. The van der Waals surface area contributed by atoms with Gasteiger partial charge in [-0.1, -0.05) is 42.5 Å². The molecule has 0 aliphatic heterocycles. The fourth-order valence-electron chi connectivity index (χ4n) is 1.67. The Hall–Kier alpha value is -2.42. The van der Waals surface area contributed by atoms with E-state index in [9.17, 15) is 4.79 Å². The lowest BCUT2D eigenvalue weighted by Crippen LogP contribution is -2.12. The summed E-state index contributed by atoms with van der Waals surface area (Å²) in [6.07, 6.45) is 0. The van der Waals surface area contributed by atoms with Gasteiger partial charge in [0.05, 0.1) is 5.69 Å². The summed E-state index contributed by atoms with van der Waals surface area (Å²) in [7, 11) is 0. The Labute approximate surface area is 106 Å². The largest absolute Gasteiger partial charge is 0.383 e. The van der Waals surface area contributed by atoms with Gasteiger partial charge in [0.25, 0.3) is 0 Å². The first-order valence-corrected chi connectivity index (χ1v) is 5.68. The van der Waals surface area contributed by atoms with Crippen molar-refractivity contribution < 1.29 is 4.79 Å². The molecule has 0 aromatic heterocycles. The van der Waals surface area contributed by atoms with E-state index in [0.717, 1.165) is 5.56 Å². The van der Waals surface area contributed by atoms with Gasteiger partial charge in [0, 0.05) is 11.1 Å². The summed E-state index contributed by atoms with van der Waals surface area (Å²) in [5, 5.41) is 0. The number of aliphatic imine (C=N–C) groups is 1. The van der Waals surface area contributed by atoms with Crippen LogP contribution in [0.15, 0.2) is 59.6 Å². The number of rotatable bonds is 3. The van der Waals surface area contributed by atoms with Crippen molar-refractivity contribution >= 4 is 17.3 Å². The highest BCUT2D eigenvalue weighted by Crippen LogP contribution is 2.19. The Balaban J connectivity index is 2.42. The number of ketones is 1. The lowest BCUT2D eigenvalue weighted by atomic mass is 10.1. The van der Waals surface area contributed by atoms with Gasteiger partial charge in [0.2, 0.25) is 0 Å². The number of Topliss-reactive ketones (excluding diaryl/α,β-unsaturated/α-hetero) is 1. The minimum atomic E-state index is -0.0183. The minimum absolute atomic E-state index is 0.0183. The summed E-state index contributed by atoms with van der Waals surface area (Å²) in [6.45, 7) is 1.52. The zero-order chi connectivity index (χ0) is 13.0. The van der Waals surface area contributed by atoms with Gasteiger partial charge in [-0.25, -0.2) is 4.99 Å². The number of hydrogen-bond acceptors (Lipinski definition) is 2. The monoisotopic (exact) mass is 238 g/mol. The SMILES string of the molecule is CC(=O)c1ccccc1N=C(N)c1ccccc1. The summed E-state index contributed by atoms with van der Waals surface area (Å²) in [5.41, 5.74) is 7.96. The molecule has 90 valence electrons. The van der Waals surface area contributed by atoms with Crippen LogP contribution in [0.4, 0.5) is 5.69 Å². The maximum Gasteiger partial charge on any atom is 0.161 e. The van der Waals surface area contributed by atoms with E-state index < -0.39 is 0 Å². The maximum absolute atomic E-state index is 11.5. The zero-order valence-corrected chi connectivity index (χ0v) is 10.1. The Bertz CT molecular complexity index is 588. The molecule has 0 unspecified atom stereocenters.